The second kappa shape index (κ2) is 6.90. The van der Waals surface area contributed by atoms with Crippen molar-refractivity contribution in [2.45, 2.75) is 6.61 Å². The highest BCUT2D eigenvalue weighted by atomic mass is 35.5. The van der Waals surface area contributed by atoms with Gasteiger partial charge in [-0.05, 0) is 35.9 Å². The molecule has 2 aromatic rings. The maximum absolute atomic E-state index is 13.5. The van der Waals surface area contributed by atoms with Crippen molar-refractivity contribution in [3.63, 3.8) is 0 Å². The van der Waals surface area contributed by atoms with E-state index in [2.05, 4.69) is 0 Å². The summed E-state index contributed by atoms with van der Waals surface area (Å²) in [6.45, 7) is 0.206. The Morgan fingerprint density at radius 2 is 2.05 bits per heavy atom. The van der Waals surface area contributed by atoms with Crippen molar-refractivity contribution in [3.05, 3.63) is 70.5 Å². The molecule has 1 N–H and O–H groups in total. The third-order valence-corrected chi connectivity index (χ3v) is 3.01. The number of hydrogen-bond donors (Lipinski definition) is 1. The van der Waals surface area contributed by atoms with Crippen LogP contribution in [0.5, 0.6) is 5.75 Å². The van der Waals surface area contributed by atoms with Gasteiger partial charge in [-0.25, -0.2) is 9.18 Å². The smallest absolute Gasteiger partial charge is 0.328 e. The van der Waals surface area contributed by atoms with Crippen LogP contribution in [0.1, 0.15) is 11.1 Å². The zero-order chi connectivity index (χ0) is 15.2. The summed E-state index contributed by atoms with van der Waals surface area (Å²) in [5, 5.41) is 9.06. The van der Waals surface area contributed by atoms with Crippen LogP contribution in [-0.2, 0) is 11.4 Å². The standard InChI is InChI=1S/C16H12ClFO3/c17-13-3-1-2-4-15(13)21-10-11-5-7-14(18)12(9-11)6-8-16(19)20/h1-9H,10H2,(H,19,20). The van der Waals surface area contributed by atoms with Crippen molar-refractivity contribution < 1.29 is 19.0 Å². The summed E-state index contributed by atoms with van der Waals surface area (Å²) in [4.78, 5) is 10.5. The molecule has 21 heavy (non-hydrogen) atoms. The Balaban J connectivity index is 2.12. The molecule has 2 aromatic carbocycles. The van der Waals surface area contributed by atoms with Crippen LogP contribution in [0.3, 0.4) is 0 Å². The molecule has 0 aliphatic rings. The van der Waals surface area contributed by atoms with E-state index in [1.807, 2.05) is 0 Å². The van der Waals surface area contributed by atoms with Gasteiger partial charge in [-0.1, -0.05) is 29.8 Å². The van der Waals surface area contributed by atoms with Crippen molar-refractivity contribution >= 4 is 23.6 Å². The average molecular weight is 307 g/mol. The third-order valence-electron chi connectivity index (χ3n) is 2.70. The van der Waals surface area contributed by atoms with Crippen molar-refractivity contribution in [2.24, 2.45) is 0 Å². The molecular formula is C16H12ClFO3. The first kappa shape index (κ1) is 15.1. The molecule has 0 saturated carbocycles. The molecular weight excluding hydrogens is 295 g/mol. The molecule has 0 aromatic heterocycles. The fourth-order valence-corrected chi connectivity index (χ4v) is 1.88. The van der Waals surface area contributed by atoms with E-state index in [-0.39, 0.29) is 12.2 Å². The van der Waals surface area contributed by atoms with Gasteiger partial charge in [0.1, 0.15) is 18.2 Å². The fraction of sp³-hybridized carbons (Fsp3) is 0.0625. The summed E-state index contributed by atoms with van der Waals surface area (Å²) in [5.41, 5.74) is 0.902. The Bertz CT molecular complexity index is 683. The maximum Gasteiger partial charge on any atom is 0.328 e. The summed E-state index contributed by atoms with van der Waals surface area (Å²) in [6.07, 6.45) is 2.09. The molecule has 0 atom stereocenters. The summed E-state index contributed by atoms with van der Waals surface area (Å²) >= 11 is 5.97. The number of rotatable bonds is 5. The number of carbonyl (C=O) groups is 1. The first-order valence-corrected chi connectivity index (χ1v) is 6.51. The van der Waals surface area contributed by atoms with Crippen molar-refractivity contribution in [1.29, 1.82) is 0 Å². The summed E-state index contributed by atoms with van der Waals surface area (Å²) in [6, 6.07) is 11.4. The Morgan fingerprint density at radius 3 is 2.76 bits per heavy atom. The second-order valence-electron chi connectivity index (χ2n) is 4.25. The average Bonchev–Trinajstić information content (AvgIpc) is 2.46. The summed E-state index contributed by atoms with van der Waals surface area (Å²) < 4.78 is 19.1. The van der Waals surface area contributed by atoms with E-state index < -0.39 is 11.8 Å². The normalized spacial score (nSPS) is 10.8. The lowest BCUT2D eigenvalue weighted by molar-refractivity contribution is -0.131. The van der Waals surface area contributed by atoms with Gasteiger partial charge in [0.05, 0.1) is 5.02 Å². The quantitative estimate of drug-likeness (QED) is 0.844. The van der Waals surface area contributed by atoms with Crippen molar-refractivity contribution in [1.82, 2.24) is 0 Å². The molecule has 0 aliphatic heterocycles. The van der Waals surface area contributed by atoms with Gasteiger partial charge in [0, 0.05) is 11.6 Å². The molecule has 0 amide bonds. The number of ether oxygens (including phenoxy) is 1. The Labute approximate surface area is 126 Å². The van der Waals surface area contributed by atoms with Gasteiger partial charge in [-0.2, -0.15) is 0 Å². The lowest BCUT2D eigenvalue weighted by Crippen LogP contribution is -1.97. The third kappa shape index (κ3) is 4.33. The molecule has 0 spiro atoms. The van der Waals surface area contributed by atoms with Crippen LogP contribution in [0.15, 0.2) is 48.5 Å². The van der Waals surface area contributed by atoms with Crippen LogP contribution in [0.4, 0.5) is 4.39 Å². The molecule has 0 unspecified atom stereocenters. The fourth-order valence-electron chi connectivity index (χ4n) is 1.69. The molecule has 108 valence electrons. The van der Waals surface area contributed by atoms with Crippen LogP contribution >= 0.6 is 11.6 Å². The van der Waals surface area contributed by atoms with Crippen LogP contribution in [0, 0.1) is 5.82 Å². The summed E-state index contributed by atoms with van der Waals surface area (Å²) in [7, 11) is 0. The van der Waals surface area contributed by atoms with Gasteiger partial charge < -0.3 is 9.84 Å². The predicted octanol–water partition coefficient (Wildman–Crippen LogP) is 4.16. The minimum Gasteiger partial charge on any atom is -0.487 e. The highest BCUT2D eigenvalue weighted by Crippen LogP contribution is 2.24. The number of carboxylic acid groups (broad SMARTS) is 1. The monoisotopic (exact) mass is 306 g/mol. The number of hydrogen-bond acceptors (Lipinski definition) is 2. The van der Waals surface area contributed by atoms with E-state index in [9.17, 15) is 9.18 Å². The van der Waals surface area contributed by atoms with E-state index in [1.54, 1.807) is 30.3 Å². The molecule has 3 nitrogen and oxygen atoms in total. The minimum absolute atomic E-state index is 0.192. The predicted molar refractivity (Wildman–Crippen MR) is 78.9 cm³/mol. The highest BCUT2D eigenvalue weighted by Gasteiger charge is 2.04. The van der Waals surface area contributed by atoms with Gasteiger partial charge in [-0.15, -0.1) is 0 Å². The van der Waals surface area contributed by atoms with Gasteiger partial charge in [-0.3, -0.25) is 0 Å². The molecule has 0 aliphatic carbocycles. The van der Waals surface area contributed by atoms with Crippen LogP contribution in [-0.4, -0.2) is 11.1 Å². The lowest BCUT2D eigenvalue weighted by Gasteiger charge is -2.08. The molecule has 0 saturated heterocycles. The zero-order valence-corrected chi connectivity index (χ0v) is 11.7. The molecule has 0 radical (unpaired) electrons. The number of benzene rings is 2. The lowest BCUT2D eigenvalue weighted by atomic mass is 10.1. The van der Waals surface area contributed by atoms with E-state index >= 15 is 0 Å². The first-order valence-electron chi connectivity index (χ1n) is 6.13. The van der Waals surface area contributed by atoms with Gasteiger partial charge in [0.15, 0.2) is 0 Å². The Hall–Kier alpha value is -2.33. The maximum atomic E-state index is 13.5. The topological polar surface area (TPSA) is 46.5 Å². The largest absolute Gasteiger partial charge is 0.487 e. The van der Waals surface area contributed by atoms with Crippen molar-refractivity contribution in [3.8, 4) is 5.75 Å². The molecule has 5 heteroatoms. The van der Waals surface area contributed by atoms with Crippen molar-refractivity contribution in [2.75, 3.05) is 0 Å². The number of halogens is 2. The van der Waals surface area contributed by atoms with Crippen LogP contribution in [0.2, 0.25) is 5.02 Å². The van der Waals surface area contributed by atoms with Crippen LogP contribution < -0.4 is 4.74 Å². The SMILES string of the molecule is O=C(O)C=Cc1cc(COc2ccccc2Cl)ccc1F. The van der Waals surface area contributed by atoms with E-state index in [0.29, 0.717) is 16.3 Å². The Morgan fingerprint density at radius 1 is 1.29 bits per heavy atom. The zero-order valence-electron chi connectivity index (χ0n) is 10.9. The van der Waals surface area contributed by atoms with Gasteiger partial charge >= 0.3 is 5.97 Å². The summed E-state index contributed by atoms with van der Waals surface area (Å²) in [5.74, 6) is -1.09. The van der Waals surface area contributed by atoms with E-state index in [4.69, 9.17) is 21.4 Å². The Kier molecular flexibility index (Phi) is 4.95. The number of carboxylic acids is 1. The van der Waals surface area contributed by atoms with Gasteiger partial charge in [0.25, 0.3) is 0 Å². The number of aliphatic carboxylic acids is 1. The number of para-hydroxylation sites is 1. The molecule has 0 fully saturated rings. The molecule has 2 rings (SSSR count). The highest BCUT2D eigenvalue weighted by molar-refractivity contribution is 6.32. The second-order valence-corrected chi connectivity index (χ2v) is 4.65. The minimum atomic E-state index is -1.13. The van der Waals surface area contributed by atoms with Crippen LogP contribution in [0.25, 0.3) is 6.08 Å². The van der Waals surface area contributed by atoms with E-state index in [0.717, 1.165) is 6.08 Å². The van der Waals surface area contributed by atoms with E-state index in [1.165, 1.54) is 18.2 Å². The first-order chi connectivity index (χ1) is 10.1. The van der Waals surface area contributed by atoms with Gasteiger partial charge in [0.2, 0.25) is 0 Å². The molecule has 0 heterocycles. The molecule has 0 bridgehead atoms.